The summed E-state index contributed by atoms with van der Waals surface area (Å²) in [4.78, 5) is 0.439. The molecule has 0 unspecified atom stereocenters. The first-order valence-corrected chi connectivity index (χ1v) is 11.5. The summed E-state index contributed by atoms with van der Waals surface area (Å²) in [5.74, 6) is 1.51. The molecular formula is C23H31NO3S. The van der Waals surface area contributed by atoms with Gasteiger partial charge in [-0.25, -0.2) is 8.42 Å². The Morgan fingerprint density at radius 2 is 1.82 bits per heavy atom. The Labute approximate surface area is 169 Å². The van der Waals surface area contributed by atoms with Crippen molar-refractivity contribution in [2.45, 2.75) is 57.8 Å². The molecule has 1 heterocycles. The third kappa shape index (κ3) is 4.04. The molecular weight excluding hydrogens is 370 g/mol. The van der Waals surface area contributed by atoms with E-state index in [1.54, 1.807) is 17.5 Å². The van der Waals surface area contributed by atoms with Gasteiger partial charge in [-0.3, -0.25) is 4.31 Å². The van der Waals surface area contributed by atoms with Crippen molar-refractivity contribution in [2.24, 2.45) is 5.92 Å². The van der Waals surface area contributed by atoms with E-state index in [2.05, 4.69) is 33.8 Å². The van der Waals surface area contributed by atoms with Crippen LogP contribution >= 0.6 is 0 Å². The van der Waals surface area contributed by atoms with E-state index in [0.29, 0.717) is 23.3 Å². The molecule has 0 saturated carbocycles. The molecule has 0 aromatic heterocycles. The van der Waals surface area contributed by atoms with Crippen molar-refractivity contribution in [3.63, 3.8) is 0 Å². The van der Waals surface area contributed by atoms with Gasteiger partial charge in [0.2, 0.25) is 0 Å². The highest BCUT2D eigenvalue weighted by molar-refractivity contribution is 7.92. The minimum Gasteiger partial charge on any atom is -0.497 e. The zero-order chi connectivity index (χ0) is 20.5. The smallest absolute Gasteiger partial charge is 0.264 e. The summed E-state index contributed by atoms with van der Waals surface area (Å²) in [5, 5.41) is 0. The maximum absolute atomic E-state index is 13.7. The van der Waals surface area contributed by atoms with Crippen LogP contribution in [0.5, 0.6) is 5.75 Å². The highest BCUT2D eigenvalue weighted by Gasteiger charge is 2.31. The highest BCUT2D eigenvalue weighted by Crippen LogP contribution is 2.36. The molecule has 2 aromatic carbocycles. The fourth-order valence-corrected chi connectivity index (χ4v) is 5.60. The van der Waals surface area contributed by atoms with E-state index < -0.39 is 10.0 Å². The molecule has 0 atom stereocenters. The van der Waals surface area contributed by atoms with Gasteiger partial charge >= 0.3 is 0 Å². The number of hydrogen-bond acceptors (Lipinski definition) is 3. The first kappa shape index (κ1) is 20.7. The molecule has 1 aliphatic heterocycles. The van der Waals surface area contributed by atoms with Gasteiger partial charge < -0.3 is 4.74 Å². The molecule has 28 heavy (non-hydrogen) atoms. The van der Waals surface area contributed by atoms with Crippen LogP contribution in [0.2, 0.25) is 0 Å². The Kier molecular flexibility index (Phi) is 6.04. The average molecular weight is 402 g/mol. The lowest BCUT2D eigenvalue weighted by Gasteiger charge is -2.31. The van der Waals surface area contributed by atoms with Gasteiger partial charge in [-0.05, 0) is 72.1 Å². The Morgan fingerprint density at radius 3 is 2.46 bits per heavy atom. The summed E-state index contributed by atoms with van der Waals surface area (Å²) < 4.78 is 34.3. The van der Waals surface area contributed by atoms with Crippen LogP contribution in [0.15, 0.2) is 41.3 Å². The summed E-state index contributed by atoms with van der Waals surface area (Å²) in [5.41, 5.74) is 3.90. The summed E-state index contributed by atoms with van der Waals surface area (Å²) in [6.07, 6.45) is 2.42. The number of anilines is 1. The maximum atomic E-state index is 13.7. The van der Waals surface area contributed by atoms with Gasteiger partial charge in [0.1, 0.15) is 5.75 Å². The van der Waals surface area contributed by atoms with E-state index in [1.165, 1.54) is 5.56 Å². The van der Waals surface area contributed by atoms with E-state index >= 15 is 0 Å². The maximum Gasteiger partial charge on any atom is 0.264 e. The van der Waals surface area contributed by atoms with Crippen LogP contribution in [0.1, 0.15) is 56.7 Å². The fourth-order valence-electron chi connectivity index (χ4n) is 3.84. The molecule has 0 saturated heterocycles. The van der Waals surface area contributed by atoms with Crippen molar-refractivity contribution in [1.82, 2.24) is 0 Å². The van der Waals surface area contributed by atoms with Gasteiger partial charge in [-0.1, -0.05) is 39.8 Å². The minimum atomic E-state index is -3.62. The van der Waals surface area contributed by atoms with Crippen LogP contribution in [0.25, 0.3) is 0 Å². The second-order valence-electron chi connectivity index (χ2n) is 8.30. The lowest BCUT2D eigenvalue weighted by molar-refractivity contribution is 0.414. The Hall–Kier alpha value is -2.01. The van der Waals surface area contributed by atoms with Gasteiger partial charge in [0.25, 0.3) is 10.0 Å². The summed E-state index contributed by atoms with van der Waals surface area (Å²) in [6, 6.07) is 11.5. The summed E-state index contributed by atoms with van der Waals surface area (Å²) in [7, 11) is -1.99. The van der Waals surface area contributed by atoms with Gasteiger partial charge in [-0.2, -0.15) is 0 Å². The third-order valence-electron chi connectivity index (χ3n) is 5.31. The second kappa shape index (κ2) is 8.16. The number of sulfonamides is 1. The SMILES string of the molecule is COc1ccc2c(c1)CCCN2S(=O)(=O)c1ccc(C(C)C)cc1CC(C)C. The fraction of sp³-hybridized carbons (Fsp3) is 0.478. The number of methoxy groups -OCH3 is 1. The average Bonchev–Trinajstić information content (AvgIpc) is 2.66. The predicted molar refractivity (Wildman–Crippen MR) is 115 cm³/mol. The molecule has 0 bridgehead atoms. The Bertz CT molecular complexity index is 948. The normalized spacial score (nSPS) is 14.5. The number of aryl methyl sites for hydroxylation is 1. The largest absolute Gasteiger partial charge is 0.497 e. The molecule has 0 fully saturated rings. The first-order chi connectivity index (χ1) is 13.2. The molecule has 2 aromatic rings. The van der Waals surface area contributed by atoms with Crippen LogP contribution in [0.3, 0.4) is 0 Å². The third-order valence-corrected chi connectivity index (χ3v) is 7.22. The van der Waals surface area contributed by atoms with Crippen LogP contribution in [-0.4, -0.2) is 22.1 Å². The molecule has 4 nitrogen and oxygen atoms in total. The number of nitrogens with zero attached hydrogens (tertiary/aromatic N) is 1. The molecule has 0 spiro atoms. The topological polar surface area (TPSA) is 46.6 Å². The van der Waals surface area contributed by atoms with Crippen molar-refractivity contribution in [3.8, 4) is 5.75 Å². The van der Waals surface area contributed by atoms with Gasteiger partial charge in [0, 0.05) is 6.54 Å². The van der Waals surface area contributed by atoms with E-state index in [9.17, 15) is 8.42 Å². The number of fused-ring (bicyclic) bond motifs is 1. The molecule has 5 heteroatoms. The van der Waals surface area contributed by atoms with E-state index in [-0.39, 0.29) is 0 Å². The molecule has 0 aliphatic carbocycles. The predicted octanol–water partition coefficient (Wildman–Crippen LogP) is 5.16. The van der Waals surface area contributed by atoms with Crippen LogP contribution in [0, 0.1) is 5.92 Å². The van der Waals surface area contributed by atoms with Crippen LogP contribution in [-0.2, 0) is 22.9 Å². The van der Waals surface area contributed by atoms with Gasteiger partial charge in [0.05, 0.1) is 17.7 Å². The molecule has 1 aliphatic rings. The lowest BCUT2D eigenvalue weighted by atomic mass is 9.96. The van der Waals surface area contributed by atoms with E-state index in [1.807, 2.05) is 24.3 Å². The number of ether oxygens (including phenoxy) is 1. The number of hydrogen-bond donors (Lipinski definition) is 0. The summed E-state index contributed by atoms with van der Waals surface area (Å²) >= 11 is 0. The molecule has 0 radical (unpaired) electrons. The van der Waals surface area contributed by atoms with Crippen molar-refractivity contribution in [1.29, 1.82) is 0 Å². The Balaban J connectivity index is 2.09. The minimum absolute atomic E-state index is 0.367. The lowest BCUT2D eigenvalue weighted by Crippen LogP contribution is -2.36. The van der Waals surface area contributed by atoms with E-state index in [0.717, 1.165) is 41.8 Å². The zero-order valence-electron chi connectivity index (χ0n) is 17.5. The standard InChI is InChI=1S/C23H31NO3S/c1-16(2)13-20-14-18(17(3)4)8-11-23(20)28(25,26)24-12-6-7-19-15-21(27-5)9-10-22(19)24/h8-11,14-17H,6-7,12-13H2,1-5H3. The second-order valence-corrected chi connectivity index (χ2v) is 10.1. The Morgan fingerprint density at radius 1 is 1.07 bits per heavy atom. The van der Waals surface area contributed by atoms with Gasteiger partial charge in [-0.15, -0.1) is 0 Å². The quantitative estimate of drug-likeness (QED) is 0.672. The van der Waals surface area contributed by atoms with Crippen molar-refractivity contribution in [2.75, 3.05) is 18.0 Å². The monoisotopic (exact) mass is 401 g/mol. The van der Waals surface area contributed by atoms with Crippen LogP contribution in [0.4, 0.5) is 5.69 Å². The molecule has 3 rings (SSSR count). The molecule has 0 amide bonds. The first-order valence-electron chi connectivity index (χ1n) is 10.1. The van der Waals surface area contributed by atoms with E-state index in [4.69, 9.17) is 4.74 Å². The number of rotatable bonds is 6. The zero-order valence-corrected chi connectivity index (χ0v) is 18.3. The summed E-state index contributed by atoms with van der Waals surface area (Å²) in [6.45, 7) is 9.03. The van der Waals surface area contributed by atoms with Crippen molar-refractivity contribution in [3.05, 3.63) is 53.1 Å². The van der Waals surface area contributed by atoms with Gasteiger partial charge in [0.15, 0.2) is 0 Å². The van der Waals surface area contributed by atoms with Crippen molar-refractivity contribution >= 4 is 15.7 Å². The van der Waals surface area contributed by atoms with Crippen molar-refractivity contribution < 1.29 is 13.2 Å². The molecule has 152 valence electrons. The highest BCUT2D eigenvalue weighted by atomic mass is 32.2. The molecule has 0 N–H and O–H groups in total. The number of benzene rings is 2. The van der Waals surface area contributed by atoms with Crippen LogP contribution < -0.4 is 9.04 Å².